The first kappa shape index (κ1) is 17.3. The summed E-state index contributed by atoms with van der Waals surface area (Å²) in [5, 5.41) is 6.42. The van der Waals surface area contributed by atoms with Gasteiger partial charge >= 0.3 is 0 Å². The minimum Gasteiger partial charge on any atom is -0.372 e. The minimum atomic E-state index is -0.277. The number of anilines is 1. The van der Waals surface area contributed by atoms with Gasteiger partial charge in [-0.3, -0.25) is 4.79 Å². The molecule has 1 amide bonds. The van der Waals surface area contributed by atoms with E-state index in [0.717, 1.165) is 31.9 Å². The predicted molar refractivity (Wildman–Crippen MR) is 97.6 cm³/mol. The number of hydrogen-bond acceptors (Lipinski definition) is 2. The Bertz CT molecular complexity index is 493. The maximum atomic E-state index is 12.3. The molecule has 2 rings (SSSR count). The van der Waals surface area contributed by atoms with Gasteiger partial charge in [0.25, 0.3) is 0 Å². The third-order valence-corrected chi connectivity index (χ3v) is 5.42. The molecule has 1 fully saturated rings. The molecule has 1 aromatic rings. The number of rotatable bonds is 4. The highest BCUT2D eigenvalue weighted by molar-refractivity contribution is 9.11. The maximum Gasteiger partial charge on any atom is 0.242 e. The lowest BCUT2D eigenvalue weighted by Gasteiger charge is -2.25. The highest BCUT2D eigenvalue weighted by atomic mass is 79.9. The summed E-state index contributed by atoms with van der Waals surface area (Å²) >= 11 is 10.5. The maximum absolute atomic E-state index is 12.3. The quantitative estimate of drug-likeness (QED) is 0.617. The zero-order chi connectivity index (χ0) is 15.4. The van der Waals surface area contributed by atoms with E-state index in [1.807, 2.05) is 19.1 Å². The second-order valence-electron chi connectivity index (χ2n) is 5.45. The molecule has 21 heavy (non-hydrogen) atoms. The molecule has 6 heteroatoms. The van der Waals surface area contributed by atoms with Gasteiger partial charge in [0.15, 0.2) is 0 Å². The van der Waals surface area contributed by atoms with E-state index in [-0.39, 0.29) is 11.9 Å². The number of carbonyl (C=O) groups is 1. The third-order valence-electron chi connectivity index (χ3n) is 3.71. The fraction of sp³-hybridized carbons (Fsp3) is 0.533. The molecule has 2 N–H and O–H groups in total. The highest BCUT2D eigenvalue weighted by Gasteiger charge is 2.20. The first-order valence-corrected chi connectivity index (χ1v) is 9.56. The van der Waals surface area contributed by atoms with E-state index in [1.54, 1.807) is 0 Å². The Kier molecular flexibility index (Phi) is 6.56. The smallest absolute Gasteiger partial charge is 0.242 e. The summed E-state index contributed by atoms with van der Waals surface area (Å²) in [5.41, 5.74) is 0.893. The SMILES string of the molecule is CC(Nc1c(Br)cc(Br)cc1Br)C(=O)NC1CCCCC1. The van der Waals surface area contributed by atoms with Crippen molar-refractivity contribution in [2.75, 3.05) is 5.32 Å². The average Bonchev–Trinajstić information content (AvgIpc) is 2.43. The van der Waals surface area contributed by atoms with Crippen LogP contribution in [0.5, 0.6) is 0 Å². The molecule has 1 atom stereocenters. The van der Waals surface area contributed by atoms with Crippen molar-refractivity contribution >= 4 is 59.4 Å². The first-order valence-electron chi connectivity index (χ1n) is 7.19. The van der Waals surface area contributed by atoms with Crippen LogP contribution in [0.4, 0.5) is 5.69 Å². The Morgan fingerprint density at radius 3 is 2.29 bits per heavy atom. The Morgan fingerprint density at radius 2 is 1.71 bits per heavy atom. The fourth-order valence-electron chi connectivity index (χ4n) is 2.54. The molecule has 0 radical (unpaired) electrons. The van der Waals surface area contributed by atoms with Gasteiger partial charge in [0.1, 0.15) is 6.04 Å². The predicted octanol–water partition coefficient (Wildman–Crippen LogP) is 5.22. The largest absolute Gasteiger partial charge is 0.372 e. The molecule has 1 aromatic carbocycles. The number of halogens is 3. The molecule has 1 aliphatic carbocycles. The molecule has 0 spiro atoms. The molecule has 0 bridgehead atoms. The summed E-state index contributed by atoms with van der Waals surface area (Å²) in [5.74, 6) is 0.0589. The standard InChI is InChI=1S/C15H19Br3N2O/c1-9(15(21)20-11-5-3-2-4-6-11)19-14-12(17)7-10(16)8-13(14)18/h7-9,11,19H,2-6H2,1H3,(H,20,21). The van der Waals surface area contributed by atoms with Gasteiger partial charge in [-0.05, 0) is 63.8 Å². The molecule has 1 unspecified atom stereocenters. The first-order chi connectivity index (χ1) is 9.97. The zero-order valence-corrected chi connectivity index (χ0v) is 16.6. The second kappa shape index (κ2) is 7.97. The summed E-state index contributed by atoms with van der Waals surface area (Å²) in [6, 6.07) is 3.98. The van der Waals surface area contributed by atoms with Crippen molar-refractivity contribution in [3.63, 3.8) is 0 Å². The molecule has 0 heterocycles. The van der Waals surface area contributed by atoms with E-state index in [1.165, 1.54) is 19.3 Å². The van der Waals surface area contributed by atoms with E-state index in [4.69, 9.17) is 0 Å². The van der Waals surface area contributed by atoms with Crippen LogP contribution in [0.25, 0.3) is 0 Å². The van der Waals surface area contributed by atoms with E-state index in [2.05, 4.69) is 58.4 Å². The summed E-state index contributed by atoms with van der Waals surface area (Å²) in [4.78, 5) is 12.3. The second-order valence-corrected chi connectivity index (χ2v) is 8.08. The van der Waals surface area contributed by atoms with E-state index in [0.29, 0.717) is 6.04 Å². The van der Waals surface area contributed by atoms with Gasteiger partial charge in [-0.1, -0.05) is 35.2 Å². The molecule has 3 nitrogen and oxygen atoms in total. The van der Waals surface area contributed by atoms with Crippen molar-refractivity contribution < 1.29 is 4.79 Å². The Hall–Kier alpha value is -0.0700. The van der Waals surface area contributed by atoms with Crippen LogP contribution in [0, 0.1) is 0 Å². The zero-order valence-electron chi connectivity index (χ0n) is 11.9. The van der Waals surface area contributed by atoms with Gasteiger partial charge in [0, 0.05) is 19.5 Å². The molecular formula is C15H19Br3N2O. The number of benzene rings is 1. The summed E-state index contributed by atoms with van der Waals surface area (Å²) < 4.78 is 2.81. The average molecular weight is 483 g/mol. The van der Waals surface area contributed by atoms with E-state index < -0.39 is 0 Å². The molecule has 116 valence electrons. The Balaban J connectivity index is 1.97. The third kappa shape index (κ3) is 4.96. The Labute approximate surface area is 151 Å². The lowest BCUT2D eigenvalue weighted by atomic mass is 9.95. The highest BCUT2D eigenvalue weighted by Crippen LogP contribution is 2.34. The Morgan fingerprint density at radius 1 is 1.14 bits per heavy atom. The summed E-state index contributed by atoms with van der Waals surface area (Å²) in [6.07, 6.45) is 5.93. The van der Waals surface area contributed by atoms with Gasteiger partial charge in [-0.15, -0.1) is 0 Å². The lowest BCUT2D eigenvalue weighted by molar-refractivity contribution is -0.122. The molecule has 0 aliphatic heterocycles. The number of nitrogens with one attached hydrogen (secondary N) is 2. The van der Waals surface area contributed by atoms with Crippen LogP contribution in [-0.4, -0.2) is 18.0 Å². The van der Waals surface area contributed by atoms with Crippen LogP contribution in [0.3, 0.4) is 0 Å². The molecule has 1 aliphatic rings. The van der Waals surface area contributed by atoms with Crippen molar-refractivity contribution in [2.45, 2.75) is 51.1 Å². The van der Waals surface area contributed by atoms with Gasteiger partial charge in [-0.25, -0.2) is 0 Å². The van der Waals surface area contributed by atoms with Gasteiger partial charge in [0.05, 0.1) is 5.69 Å². The summed E-state index contributed by atoms with van der Waals surface area (Å²) in [6.45, 7) is 1.89. The van der Waals surface area contributed by atoms with Crippen LogP contribution in [0.15, 0.2) is 25.6 Å². The van der Waals surface area contributed by atoms with Gasteiger partial charge < -0.3 is 10.6 Å². The van der Waals surface area contributed by atoms with Gasteiger partial charge in [-0.2, -0.15) is 0 Å². The summed E-state index contributed by atoms with van der Waals surface area (Å²) in [7, 11) is 0. The van der Waals surface area contributed by atoms with Crippen LogP contribution in [0.1, 0.15) is 39.0 Å². The van der Waals surface area contributed by atoms with E-state index in [9.17, 15) is 4.79 Å². The van der Waals surface area contributed by atoms with Gasteiger partial charge in [0.2, 0.25) is 5.91 Å². The van der Waals surface area contributed by atoms with Crippen molar-refractivity contribution in [3.05, 3.63) is 25.6 Å². The minimum absolute atomic E-state index is 0.0589. The van der Waals surface area contributed by atoms with Crippen LogP contribution < -0.4 is 10.6 Å². The number of carbonyl (C=O) groups excluding carboxylic acids is 1. The number of amides is 1. The molecular weight excluding hydrogens is 464 g/mol. The van der Waals surface area contributed by atoms with Crippen LogP contribution >= 0.6 is 47.8 Å². The topological polar surface area (TPSA) is 41.1 Å². The van der Waals surface area contributed by atoms with E-state index >= 15 is 0 Å². The molecule has 0 saturated heterocycles. The monoisotopic (exact) mass is 480 g/mol. The van der Waals surface area contributed by atoms with Crippen LogP contribution in [-0.2, 0) is 4.79 Å². The van der Waals surface area contributed by atoms with Crippen molar-refractivity contribution in [2.24, 2.45) is 0 Å². The fourth-order valence-corrected chi connectivity index (χ4v) is 5.02. The molecule has 1 saturated carbocycles. The lowest BCUT2D eigenvalue weighted by Crippen LogP contribution is -2.44. The van der Waals surface area contributed by atoms with Crippen molar-refractivity contribution in [3.8, 4) is 0 Å². The van der Waals surface area contributed by atoms with Crippen LogP contribution in [0.2, 0.25) is 0 Å². The number of hydrogen-bond donors (Lipinski definition) is 2. The van der Waals surface area contributed by atoms with Crippen molar-refractivity contribution in [1.29, 1.82) is 0 Å². The normalized spacial score (nSPS) is 17.3. The van der Waals surface area contributed by atoms with Crippen molar-refractivity contribution in [1.82, 2.24) is 5.32 Å². The molecule has 0 aromatic heterocycles.